The quantitative estimate of drug-likeness (QED) is 0.620. The summed E-state index contributed by atoms with van der Waals surface area (Å²) in [6.45, 7) is 0.711. The van der Waals surface area contributed by atoms with E-state index >= 15 is 0 Å². The molecular weight excluding hydrogens is 246 g/mol. The van der Waals surface area contributed by atoms with Gasteiger partial charge >= 0.3 is 0 Å². The molecule has 1 amide bonds. The van der Waals surface area contributed by atoms with E-state index in [4.69, 9.17) is 0 Å². The van der Waals surface area contributed by atoms with E-state index < -0.39 is 4.92 Å². The summed E-state index contributed by atoms with van der Waals surface area (Å²) in [6.07, 6.45) is 2.28. The zero-order valence-electron chi connectivity index (χ0n) is 10.8. The van der Waals surface area contributed by atoms with Crippen LogP contribution in [0.2, 0.25) is 0 Å². The number of rotatable bonds is 6. The van der Waals surface area contributed by atoms with Gasteiger partial charge in [-0.3, -0.25) is 14.9 Å². The summed E-state index contributed by atoms with van der Waals surface area (Å²) in [5.74, 6) is -0.00148. The van der Waals surface area contributed by atoms with Gasteiger partial charge in [0.05, 0.1) is 11.5 Å². The molecule has 1 aliphatic carbocycles. The lowest BCUT2D eigenvalue weighted by atomic mass is 10.2. The molecule has 102 valence electrons. The number of nitro benzene ring substituents is 1. The molecule has 19 heavy (non-hydrogen) atoms. The number of amides is 1. The first-order valence-corrected chi connectivity index (χ1v) is 6.27. The average Bonchev–Trinajstić information content (AvgIpc) is 3.20. The fraction of sp³-hybridized carbons (Fsp3) is 0.462. The summed E-state index contributed by atoms with van der Waals surface area (Å²) in [5.41, 5.74) is 0.811. The number of likely N-dealkylation sites (N-methyl/N-ethyl adjacent to an activating group) is 1. The van der Waals surface area contributed by atoms with Gasteiger partial charge in [-0.2, -0.15) is 0 Å². The molecule has 1 aliphatic rings. The highest BCUT2D eigenvalue weighted by Gasteiger charge is 2.22. The number of nitrogens with zero attached hydrogens (tertiary/aromatic N) is 2. The standard InChI is InChI=1S/C13H17N3O3/c1-15(13(17)8-14-11-5-6-11)9-10-3-2-4-12(7-10)16(18)19/h2-4,7,11,14H,5-6,8-9H2,1H3. The number of nitro groups is 1. The van der Waals surface area contributed by atoms with Gasteiger partial charge in [-0.15, -0.1) is 0 Å². The van der Waals surface area contributed by atoms with Crippen molar-refractivity contribution >= 4 is 11.6 Å². The van der Waals surface area contributed by atoms with Crippen molar-refractivity contribution in [3.63, 3.8) is 0 Å². The number of hydrogen-bond acceptors (Lipinski definition) is 4. The largest absolute Gasteiger partial charge is 0.340 e. The minimum absolute atomic E-state index is 0.00148. The number of carbonyl (C=O) groups is 1. The molecule has 0 aromatic heterocycles. The van der Waals surface area contributed by atoms with Crippen LogP contribution < -0.4 is 5.32 Å². The summed E-state index contributed by atoms with van der Waals surface area (Å²) < 4.78 is 0. The highest BCUT2D eigenvalue weighted by Crippen LogP contribution is 2.18. The van der Waals surface area contributed by atoms with E-state index in [1.165, 1.54) is 12.1 Å². The van der Waals surface area contributed by atoms with Crippen molar-refractivity contribution in [2.45, 2.75) is 25.4 Å². The van der Waals surface area contributed by atoms with Crippen LogP contribution in [0.3, 0.4) is 0 Å². The summed E-state index contributed by atoms with van der Waals surface area (Å²) >= 11 is 0. The normalized spacial score (nSPS) is 14.2. The molecule has 2 rings (SSSR count). The van der Waals surface area contributed by atoms with E-state index in [-0.39, 0.29) is 11.6 Å². The Kier molecular flexibility index (Phi) is 4.11. The molecule has 0 aliphatic heterocycles. The molecule has 1 saturated carbocycles. The van der Waals surface area contributed by atoms with Gasteiger partial charge in [0, 0.05) is 31.8 Å². The Labute approximate surface area is 111 Å². The zero-order chi connectivity index (χ0) is 13.8. The van der Waals surface area contributed by atoms with Gasteiger partial charge in [0.2, 0.25) is 5.91 Å². The third-order valence-electron chi connectivity index (χ3n) is 3.09. The summed E-state index contributed by atoms with van der Waals surface area (Å²) in [7, 11) is 1.70. The molecule has 0 unspecified atom stereocenters. The molecule has 0 spiro atoms. The molecular formula is C13H17N3O3. The lowest BCUT2D eigenvalue weighted by Crippen LogP contribution is -2.35. The van der Waals surface area contributed by atoms with Gasteiger partial charge in [-0.05, 0) is 18.4 Å². The second-order valence-electron chi connectivity index (χ2n) is 4.83. The van der Waals surface area contributed by atoms with Crippen molar-refractivity contribution in [1.29, 1.82) is 0 Å². The molecule has 0 atom stereocenters. The summed E-state index contributed by atoms with van der Waals surface area (Å²) in [4.78, 5) is 23.6. The van der Waals surface area contributed by atoms with Crippen molar-refractivity contribution in [1.82, 2.24) is 10.2 Å². The van der Waals surface area contributed by atoms with Crippen LogP contribution in [-0.4, -0.2) is 35.4 Å². The smallest absolute Gasteiger partial charge is 0.269 e. The molecule has 0 radical (unpaired) electrons. The van der Waals surface area contributed by atoms with Crippen LogP contribution >= 0.6 is 0 Å². The van der Waals surface area contributed by atoms with Crippen LogP contribution in [0.25, 0.3) is 0 Å². The number of nitrogens with one attached hydrogen (secondary N) is 1. The van der Waals surface area contributed by atoms with Crippen molar-refractivity contribution in [2.75, 3.05) is 13.6 Å². The van der Waals surface area contributed by atoms with E-state index in [1.54, 1.807) is 24.1 Å². The van der Waals surface area contributed by atoms with E-state index in [9.17, 15) is 14.9 Å². The highest BCUT2D eigenvalue weighted by atomic mass is 16.6. The van der Waals surface area contributed by atoms with Crippen LogP contribution in [-0.2, 0) is 11.3 Å². The lowest BCUT2D eigenvalue weighted by Gasteiger charge is -2.17. The van der Waals surface area contributed by atoms with Crippen LogP contribution in [0.15, 0.2) is 24.3 Å². The molecule has 1 N–H and O–H groups in total. The van der Waals surface area contributed by atoms with E-state index in [0.717, 1.165) is 18.4 Å². The summed E-state index contributed by atoms with van der Waals surface area (Å²) in [6, 6.07) is 6.85. The fourth-order valence-electron chi connectivity index (χ4n) is 1.78. The van der Waals surface area contributed by atoms with Crippen LogP contribution in [0.5, 0.6) is 0 Å². The minimum Gasteiger partial charge on any atom is -0.340 e. The topological polar surface area (TPSA) is 75.5 Å². The first kappa shape index (κ1) is 13.5. The fourth-order valence-corrected chi connectivity index (χ4v) is 1.78. The Morgan fingerprint density at radius 2 is 2.26 bits per heavy atom. The second-order valence-corrected chi connectivity index (χ2v) is 4.83. The predicted octanol–water partition coefficient (Wildman–Crippen LogP) is 1.31. The molecule has 6 nitrogen and oxygen atoms in total. The van der Waals surface area contributed by atoms with Gasteiger partial charge < -0.3 is 10.2 Å². The highest BCUT2D eigenvalue weighted by molar-refractivity contribution is 5.78. The summed E-state index contributed by atoms with van der Waals surface area (Å²) in [5, 5.41) is 13.8. The molecule has 6 heteroatoms. The zero-order valence-corrected chi connectivity index (χ0v) is 10.8. The lowest BCUT2D eigenvalue weighted by molar-refractivity contribution is -0.384. The SMILES string of the molecule is CN(Cc1cccc([N+](=O)[O-])c1)C(=O)CNC1CC1. The third kappa shape index (κ3) is 4.03. The van der Waals surface area contributed by atoms with Gasteiger partial charge in [0.1, 0.15) is 0 Å². The third-order valence-corrected chi connectivity index (χ3v) is 3.09. The second kappa shape index (κ2) is 5.79. The maximum absolute atomic E-state index is 11.8. The predicted molar refractivity (Wildman–Crippen MR) is 70.6 cm³/mol. The van der Waals surface area contributed by atoms with Gasteiger partial charge in [-0.25, -0.2) is 0 Å². The molecule has 1 aromatic carbocycles. The first-order valence-electron chi connectivity index (χ1n) is 6.27. The Balaban J connectivity index is 1.89. The Morgan fingerprint density at radius 3 is 2.89 bits per heavy atom. The van der Waals surface area contributed by atoms with Gasteiger partial charge in [-0.1, -0.05) is 12.1 Å². The Morgan fingerprint density at radius 1 is 1.53 bits per heavy atom. The van der Waals surface area contributed by atoms with Crippen molar-refractivity contribution in [2.24, 2.45) is 0 Å². The Bertz CT molecular complexity index is 486. The number of carbonyl (C=O) groups excluding carboxylic acids is 1. The van der Waals surface area contributed by atoms with Crippen molar-refractivity contribution in [3.8, 4) is 0 Å². The number of benzene rings is 1. The molecule has 0 bridgehead atoms. The van der Waals surface area contributed by atoms with Crippen LogP contribution in [0, 0.1) is 10.1 Å². The average molecular weight is 263 g/mol. The van der Waals surface area contributed by atoms with E-state index in [0.29, 0.717) is 19.1 Å². The molecule has 0 saturated heterocycles. The van der Waals surface area contributed by atoms with Gasteiger partial charge in [0.15, 0.2) is 0 Å². The van der Waals surface area contributed by atoms with Crippen molar-refractivity contribution in [3.05, 3.63) is 39.9 Å². The van der Waals surface area contributed by atoms with Crippen LogP contribution in [0.4, 0.5) is 5.69 Å². The van der Waals surface area contributed by atoms with Crippen LogP contribution in [0.1, 0.15) is 18.4 Å². The Hall–Kier alpha value is -1.95. The van der Waals surface area contributed by atoms with Crippen molar-refractivity contribution < 1.29 is 9.72 Å². The monoisotopic (exact) mass is 263 g/mol. The molecule has 1 aromatic rings. The van der Waals surface area contributed by atoms with Gasteiger partial charge in [0.25, 0.3) is 5.69 Å². The minimum atomic E-state index is -0.431. The molecule has 1 fully saturated rings. The number of non-ortho nitro benzene ring substituents is 1. The maximum Gasteiger partial charge on any atom is 0.269 e. The maximum atomic E-state index is 11.8. The first-order chi connectivity index (χ1) is 9.06. The number of hydrogen-bond donors (Lipinski definition) is 1. The van der Waals surface area contributed by atoms with E-state index in [1.807, 2.05) is 0 Å². The van der Waals surface area contributed by atoms with E-state index in [2.05, 4.69) is 5.32 Å². The molecule has 0 heterocycles.